The number of aliphatic hydroxyl groups is 3. The lowest BCUT2D eigenvalue weighted by atomic mass is 9.72. The SMILES string of the molecule is COC(=O)/C=C1\C[C@H]2C[C@H]([C@@H](C)O)OC(=O)C[C@H](O)C[C@@H]3CCC[C@H](C[C@@H]4CCO[C@H](/C=C/CC(C)(C)[C@](O)(O2)[C@H]1OC(C)=O)O4)O3. The van der Waals surface area contributed by atoms with Crippen molar-refractivity contribution in [1.29, 1.82) is 0 Å². The highest BCUT2D eigenvalue weighted by Gasteiger charge is 2.58. The van der Waals surface area contributed by atoms with E-state index < -0.39 is 65.9 Å². The van der Waals surface area contributed by atoms with Crippen LogP contribution in [0.4, 0.5) is 0 Å². The molecule has 4 rings (SSSR count). The molecule has 0 aromatic rings. The third-order valence-electron chi connectivity index (χ3n) is 9.45. The van der Waals surface area contributed by atoms with Crippen LogP contribution in [0.3, 0.4) is 0 Å². The summed E-state index contributed by atoms with van der Waals surface area (Å²) in [7, 11) is 1.20. The van der Waals surface area contributed by atoms with Crippen molar-refractivity contribution in [1.82, 2.24) is 0 Å². The van der Waals surface area contributed by atoms with E-state index in [-0.39, 0.29) is 56.0 Å². The number of rotatable bonds is 3. The maximum atomic E-state index is 13.0. The van der Waals surface area contributed by atoms with E-state index in [4.69, 9.17) is 33.2 Å². The molecule has 13 nitrogen and oxygen atoms in total. The van der Waals surface area contributed by atoms with Crippen LogP contribution >= 0.6 is 0 Å². The number of fused-ring (bicyclic) bond motifs is 6. The molecule has 47 heavy (non-hydrogen) atoms. The van der Waals surface area contributed by atoms with Crippen molar-refractivity contribution in [3.05, 3.63) is 23.8 Å². The first-order valence-corrected chi connectivity index (χ1v) is 16.7. The highest BCUT2D eigenvalue weighted by Crippen LogP contribution is 2.47. The van der Waals surface area contributed by atoms with Gasteiger partial charge in [0.15, 0.2) is 12.4 Å². The van der Waals surface area contributed by atoms with E-state index in [0.717, 1.165) is 25.3 Å². The molecule has 4 aliphatic heterocycles. The fourth-order valence-corrected chi connectivity index (χ4v) is 6.82. The van der Waals surface area contributed by atoms with Crippen molar-refractivity contribution in [3.8, 4) is 0 Å². The molecule has 6 bridgehead atoms. The molecule has 0 aromatic carbocycles. The molecule has 0 aromatic heterocycles. The molecule has 10 atom stereocenters. The molecule has 0 amide bonds. The van der Waals surface area contributed by atoms with E-state index in [1.54, 1.807) is 19.9 Å². The van der Waals surface area contributed by atoms with Gasteiger partial charge in [-0.25, -0.2) is 4.79 Å². The van der Waals surface area contributed by atoms with Crippen LogP contribution in [-0.4, -0.2) is 108 Å². The van der Waals surface area contributed by atoms with Crippen LogP contribution in [0.15, 0.2) is 23.8 Å². The zero-order chi connectivity index (χ0) is 34.4. The minimum atomic E-state index is -2.18. The van der Waals surface area contributed by atoms with Gasteiger partial charge in [0.25, 0.3) is 0 Å². The molecule has 0 unspecified atom stereocenters. The second-order valence-corrected chi connectivity index (χ2v) is 13.8. The summed E-state index contributed by atoms with van der Waals surface area (Å²) in [5, 5.41) is 33.7. The van der Waals surface area contributed by atoms with E-state index in [9.17, 15) is 29.7 Å². The lowest BCUT2D eigenvalue weighted by molar-refractivity contribution is -0.336. The number of carbonyl (C=O) groups excluding carboxylic acids is 3. The molecular weight excluding hydrogens is 616 g/mol. The number of hydrogen-bond donors (Lipinski definition) is 3. The van der Waals surface area contributed by atoms with Crippen LogP contribution in [-0.2, 0) is 47.5 Å². The minimum Gasteiger partial charge on any atom is -0.466 e. The third-order valence-corrected chi connectivity index (χ3v) is 9.45. The average Bonchev–Trinajstić information content (AvgIpc) is 2.98. The maximum absolute atomic E-state index is 13.0. The lowest BCUT2D eigenvalue weighted by Gasteiger charge is -2.51. The zero-order valence-corrected chi connectivity index (χ0v) is 28.1. The first kappa shape index (κ1) is 37.4. The van der Waals surface area contributed by atoms with Gasteiger partial charge in [-0.2, -0.15) is 0 Å². The Morgan fingerprint density at radius 1 is 1.04 bits per heavy atom. The number of carbonyl (C=O) groups is 3. The Balaban J connectivity index is 1.69. The Morgan fingerprint density at radius 3 is 2.43 bits per heavy atom. The van der Waals surface area contributed by atoms with Crippen molar-refractivity contribution in [3.63, 3.8) is 0 Å². The highest BCUT2D eigenvalue weighted by molar-refractivity contribution is 5.83. The van der Waals surface area contributed by atoms with E-state index >= 15 is 0 Å². The summed E-state index contributed by atoms with van der Waals surface area (Å²) in [5.41, 5.74) is -0.906. The van der Waals surface area contributed by atoms with Gasteiger partial charge >= 0.3 is 17.9 Å². The van der Waals surface area contributed by atoms with Crippen LogP contribution in [0, 0.1) is 5.41 Å². The molecule has 4 aliphatic rings. The normalized spacial score (nSPS) is 39.4. The van der Waals surface area contributed by atoms with Crippen LogP contribution in [0.25, 0.3) is 0 Å². The molecule has 13 heteroatoms. The molecule has 3 saturated heterocycles. The van der Waals surface area contributed by atoms with Gasteiger partial charge in [0.2, 0.25) is 5.79 Å². The molecule has 0 aliphatic carbocycles. The molecule has 0 saturated carbocycles. The summed E-state index contributed by atoms with van der Waals surface area (Å²) in [6.07, 6.45) is 2.30. The van der Waals surface area contributed by atoms with Crippen molar-refractivity contribution >= 4 is 17.9 Å². The Kier molecular flexibility index (Phi) is 13.0. The Bertz CT molecular complexity index is 1150. The Hall–Kier alpha value is -2.39. The lowest BCUT2D eigenvalue weighted by Crippen LogP contribution is -2.62. The summed E-state index contributed by atoms with van der Waals surface area (Å²) in [5.74, 6) is -4.31. The fraction of sp³-hybridized carbons (Fsp3) is 0.794. The molecular formula is C34H52O13. The van der Waals surface area contributed by atoms with E-state index in [1.807, 2.05) is 6.08 Å². The quantitative estimate of drug-likeness (QED) is 0.173. The number of cyclic esters (lactones) is 1. The minimum absolute atomic E-state index is 0.00397. The fourth-order valence-electron chi connectivity index (χ4n) is 6.82. The van der Waals surface area contributed by atoms with Crippen molar-refractivity contribution < 1.29 is 62.9 Å². The van der Waals surface area contributed by atoms with Gasteiger partial charge in [-0.1, -0.05) is 19.9 Å². The van der Waals surface area contributed by atoms with Gasteiger partial charge in [-0.05, 0) is 63.5 Å². The van der Waals surface area contributed by atoms with Gasteiger partial charge in [-0.3, -0.25) is 9.59 Å². The van der Waals surface area contributed by atoms with Crippen LogP contribution < -0.4 is 0 Å². The largest absolute Gasteiger partial charge is 0.466 e. The Labute approximate surface area is 276 Å². The van der Waals surface area contributed by atoms with Gasteiger partial charge in [0, 0.05) is 31.3 Å². The number of aliphatic hydroxyl groups excluding tert-OH is 2. The second-order valence-electron chi connectivity index (χ2n) is 13.8. The molecule has 266 valence electrons. The number of allylic oxidation sites excluding steroid dienone is 1. The number of esters is 3. The molecule has 0 radical (unpaired) electrons. The van der Waals surface area contributed by atoms with Crippen molar-refractivity contribution in [2.75, 3.05) is 13.7 Å². The number of methoxy groups -OCH3 is 1. The monoisotopic (exact) mass is 668 g/mol. The van der Waals surface area contributed by atoms with Crippen LogP contribution in [0.5, 0.6) is 0 Å². The predicted octanol–water partition coefficient (Wildman–Crippen LogP) is 2.76. The summed E-state index contributed by atoms with van der Waals surface area (Å²) in [4.78, 5) is 37.7. The van der Waals surface area contributed by atoms with Gasteiger partial charge in [0.05, 0.1) is 56.8 Å². The topological polar surface area (TPSA) is 177 Å². The van der Waals surface area contributed by atoms with Crippen LogP contribution in [0.2, 0.25) is 0 Å². The average molecular weight is 669 g/mol. The van der Waals surface area contributed by atoms with Crippen LogP contribution in [0.1, 0.15) is 91.9 Å². The van der Waals surface area contributed by atoms with Gasteiger partial charge < -0.3 is 48.5 Å². The third kappa shape index (κ3) is 10.1. The van der Waals surface area contributed by atoms with Crippen molar-refractivity contribution in [2.45, 2.75) is 153 Å². The van der Waals surface area contributed by atoms with Crippen molar-refractivity contribution in [2.24, 2.45) is 5.41 Å². The first-order valence-electron chi connectivity index (χ1n) is 16.7. The second kappa shape index (κ2) is 16.3. The summed E-state index contributed by atoms with van der Waals surface area (Å²) in [6.45, 7) is 6.61. The smallest absolute Gasteiger partial charge is 0.330 e. The molecule has 3 fully saturated rings. The summed E-state index contributed by atoms with van der Waals surface area (Å²) in [6, 6.07) is 0. The standard InChI is InChI=1S/C34H52O13/c1-20(35)28-19-27-14-22(15-29(38)41-5)32(43-21(2)36)34(40,47-27)33(3,4)12-7-10-31-42-13-11-26(45-31)18-25-9-6-8-24(44-25)16-23(37)17-30(39)46-28/h7,10,15,20,23-28,31-32,35,37,40H,6,8-9,11-14,16-19H2,1-5H3/b10-7+,22-15+/t20-,23-,24+,25-,26+,27+,28-,31+,32+,34-/m1/s1. The van der Waals surface area contributed by atoms with E-state index in [1.165, 1.54) is 21.0 Å². The molecule has 0 spiro atoms. The van der Waals surface area contributed by atoms with Gasteiger partial charge in [0.1, 0.15) is 6.10 Å². The Morgan fingerprint density at radius 2 is 1.74 bits per heavy atom. The number of ether oxygens (including phenoxy) is 7. The number of hydrogen-bond acceptors (Lipinski definition) is 13. The van der Waals surface area contributed by atoms with Gasteiger partial charge in [-0.15, -0.1) is 0 Å². The zero-order valence-electron chi connectivity index (χ0n) is 28.1. The summed E-state index contributed by atoms with van der Waals surface area (Å²) < 4.78 is 40.8. The predicted molar refractivity (Wildman–Crippen MR) is 165 cm³/mol. The molecule has 3 N–H and O–H groups in total. The molecule has 4 heterocycles. The van der Waals surface area contributed by atoms with E-state index in [0.29, 0.717) is 19.4 Å². The maximum Gasteiger partial charge on any atom is 0.330 e. The highest BCUT2D eigenvalue weighted by atomic mass is 16.7. The summed E-state index contributed by atoms with van der Waals surface area (Å²) >= 11 is 0. The first-order chi connectivity index (χ1) is 22.2. The van der Waals surface area contributed by atoms with E-state index in [2.05, 4.69) is 0 Å².